The molecular formula is C49H43N. The second-order valence-corrected chi connectivity index (χ2v) is 15.6. The van der Waals surface area contributed by atoms with Crippen LogP contribution in [-0.2, 0) is 10.8 Å². The van der Waals surface area contributed by atoms with Crippen molar-refractivity contribution in [1.29, 1.82) is 0 Å². The molecule has 0 bridgehead atoms. The Morgan fingerprint density at radius 3 is 2.10 bits per heavy atom. The van der Waals surface area contributed by atoms with Crippen LogP contribution in [0.3, 0.4) is 0 Å². The Hall–Kier alpha value is -5.14. The standard InChI is InChI=1S/C49H43N/c1-30(25-26-34-31(2)49(43-22-12-8-17-36(34)43)44-23-13-9-18-37(44)38-19-10-14-24-45(38)49)50-47-35-16-6-5-15-32(35)27-33-28-46-41(29-40(33)47)39-20-7-11-21-42(39)48(46,3)4/h5-6,9-16,18-19,21-29,31,50H,7-8,17,20H2,1-4H3/b30-25+,34-26+. The van der Waals surface area contributed by atoms with Gasteiger partial charge in [0.15, 0.2) is 0 Å². The molecule has 10 rings (SSSR count). The lowest BCUT2D eigenvalue weighted by atomic mass is 9.66. The molecule has 0 amide bonds. The topological polar surface area (TPSA) is 12.0 Å². The van der Waals surface area contributed by atoms with Gasteiger partial charge in [-0.2, -0.15) is 0 Å². The van der Waals surface area contributed by atoms with Crippen molar-refractivity contribution in [2.24, 2.45) is 5.92 Å². The van der Waals surface area contributed by atoms with Crippen LogP contribution in [-0.4, -0.2) is 0 Å². The summed E-state index contributed by atoms with van der Waals surface area (Å²) >= 11 is 0. The third kappa shape index (κ3) is 3.89. The average Bonchev–Trinajstić information content (AvgIpc) is 3.67. The first-order valence-corrected chi connectivity index (χ1v) is 18.5. The molecule has 0 saturated heterocycles. The zero-order chi connectivity index (χ0) is 33.8. The number of hydrogen-bond acceptors (Lipinski definition) is 1. The minimum atomic E-state index is -0.151. The molecule has 50 heavy (non-hydrogen) atoms. The van der Waals surface area contributed by atoms with Gasteiger partial charge in [-0.05, 0) is 135 Å². The summed E-state index contributed by atoms with van der Waals surface area (Å²) in [6, 6.07) is 34.5. The number of allylic oxidation sites excluding steroid dienone is 12. The van der Waals surface area contributed by atoms with Crippen molar-refractivity contribution < 1.29 is 0 Å². The fourth-order valence-electron chi connectivity index (χ4n) is 10.5. The van der Waals surface area contributed by atoms with E-state index in [0.717, 1.165) is 31.4 Å². The van der Waals surface area contributed by atoms with E-state index in [1.807, 2.05) is 0 Å². The van der Waals surface area contributed by atoms with E-state index in [1.165, 1.54) is 88.5 Å². The van der Waals surface area contributed by atoms with Crippen molar-refractivity contribution in [3.05, 3.63) is 178 Å². The van der Waals surface area contributed by atoms with E-state index in [4.69, 9.17) is 0 Å². The molecule has 0 radical (unpaired) electrons. The lowest BCUT2D eigenvalue weighted by Crippen LogP contribution is -2.31. The Bertz CT molecular complexity index is 2460. The van der Waals surface area contributed by atoms with Gasteiger partial charge < -0.3 is 5.32 Å². The van der Waals surface area contributed by atoms with Crippen molar-refractivity contribution in [2.45, 2.75) is 64.2 Å². The molecule has 1 atom stereocenters. The summed E-state index contributed by atoms with van der Waals surface area (Å²) in [5.74, 6) is 0.320. The molecule has 5 aromatic carbocycles. The molecule has 5 aromatic rings. The normalized spacial score (nSPS) is 21.6. The van der Waals surface area contributed by atoms with E-state index in [-0.39, 0.29) is 10.8 Å². The van der Waals surface area contributed by atoms with E-state index in [9.17, 15) is 0 Å². The summed E-state index contributed by atoms with van der Waals surface area (Å²) in [7, 11) is 0. The van der Waals surface area contributed by atoms with Crippen LogP contribution >= 0.6 is 0 Å². The molecule has 0 aromatic heterocycles. The second kappa shape index (κ2) is 10.7. The second-order valence-electron chi connectivity index (χ2n) is 15.6. The van der Waals surface area contributed by atoms with Crippen LogP contribution in [0.2, 0.25) is 0 Å². The largest absolute Gasteiger partial charge is 0.358 e. The molecule has 1 spiro atoms. The fourth-order valence-corrected chi connectivity index (χ4v) is 10.5. The van der Waals surface area contributed by atoms with Gasteiger partial charge in [-0.25, -0.2) is 0 Å². The minimum absolute atomic E-state index is 0.0224. The van der Waals surface area contributed by atoms with Crippen LogP contribution in [0.15, 0.2) is 155 Å². The van der Waals surface area contributed by atoms with Gasteiger partial charge in [0.2, 0.25) is 0 Å². The highest BCUT2D eigenvalue weighted by Crippen LogP contribution is 2.64. The molecular weight excluding hydrogens is 603 g/mol. The summed E-state index contributed by atoms with van der Waals surface area (Å²) in [5, 5.41) is 9.12. The number of benzene rings is 5. The maximum Gasteiger partial charge on any atom is 0.0541 e. The van der Waals surface area contributed by atoms with Gasteiger partial charge in [0.25, 0.3) is 0 Å². The van der Waals surface area contributed by atoms with Crippen LogP contribution in [0.1, 0.15) is 75.6 Å². The number of fused-ring (bicyclic) bond motifs is 10. The van der Waals surface area contributed by atoms with Crippen molar-refractivity contribution >= 4 is 32.8 Å². The average molecular weight is 646 g/mol. The minimum Gasteiger partial charge on any atom is -0.358 e. The molecule has 5 aliphatic carbocycles. The van der Waals surface area contributed by atoms with E-state index < -0.39 is 0 Å². The van der Waals surface area contributed by atoms with Crippen LogP contribution in [0.4, 0.5) is 5.69 Å². The van der Waals surface area contributed by atoms with Gasteiger partial charge >= 0.3 is 0 Å². The fraction of sp³-hybridized carbons (Fsp3) is 0.224. The first kappa shape index (κ1) is 29.7. The highest BCUT2D eigenvalue weighted by atomic mass is 14.9. The number of nitrogens with one attached hydrogen (secondary N) is 1. The summed E-state index contributed by atoms with van der Waals surface area (Å²) in [6.07, 6.45) is 18.8. The Balaban J connectivity index is 1.10. The van der Waals surface area contributed by atoms with Gasteiger partial charge in [-0.15, -0.1) is 0 Å². The third-order valence-corrected chi connectivity index (χ3v) is 12.7. The molecule has 0 saturated carbocycles. The SMILES string of the molecule is C/C(=C\C=C1\C2=C(C=CCC2)C2(c3ccccc3-c3ccccc32)C1C)Nc1c2ccccc2cc2cc3c(cc12)C1=C(C=CCC1)C3(C)C. The van der Waals surface area contributed by atoms with Crippen LogP contribution in [0.25, 0.3) is 38.2 Å². The molecule has 1 heteroatoms. The van der Waals surface area contributed by atoms with Gasteiger partial charge in [0.05, 0.1) is 11.1 Å². The van der Waals surface area contributed by atoms with Crippen molar-refractivity contribution in [1.82, 2.24) is 0 Å². The quantitative estimate of drug-likeness (QED) is 0.193. The zero-order valence-electron chi connectivity index (χ0n) is 29.5. The summed E-state index contributed by atoms with van der Waals surface area (Å²) < 4.78 is 0. The van der Waals surface area contributed by atoms with E-state index in [1.54, 1.807) is 0 Å². The Morgan fingerprint density at radius 2 is 1.34 bits per heavy atom. The van der Waals surface area contributed by atoms with Crippen molar-refractivity contribution in [3.8, 4) is 11.1 Å². The van der Waals surface area contributed by atoms with Crippen LogP contribution in [0, 0.1) is 5.92 Å². The Labute approximate surface area is 296 Å². The van der Waals surface area contributed by atoms with Crippen LogP contribution in [0.5, 0.6) is 0 Å². The number of hydrogen-bond donors (Lipinski definition) is 1. The van der Waals surface area contributed by atoms with E-state index in [2.05, 4.69) is 160 Å². The van der Waals surface area contributed by atoms with E-state index in [0.29, 0.717) is 5.92 Å². The summed E-state index contributed by atoms with van der Waals surface area (Å²) in [6.45, 7) is 9.50. The predicted molar refractivity (Wildman–Crippen MR) is 212 cm³/mol. The molecule has 1 unspecified atom stereocenters. The first-order valence-electron chi connectivity index (χ1n) is 18.5. The van der Waals surface area contributed by atoms with Gasteiger partial charge in [-0.3, -0.25) is 0 Å². The molecule has 0 heterocycles. The maximum atomic E-state index is 3.97. The van der Waals surface area contributed by atoms with Gasteiger partial charge in [-0.1, -0.05) is 124 Å². The molecule has 1 nitrogen and oxygen atoms in total. The van der Waals surface area contributed by atoms with Gasteiger partial charge in [0, 0.05) is 21.9 Å². The molecule has 1 N–H and O–H groups in total. The maximum absolute atomic E-state index is 3.97. The number of anilines is 1. The smallest absolute Gasteiger partial charge is 0.0541 e. The lowest BCUT2D eigenvalue weighted by Gasteiger charge is -2.35. The summed E-state index contributed by atoms with van der Waals surface area (Å²) in [4.78, 5) is 0. The first-order chi connectivity index (χ1) is 24.4. The third-order valence-electron chi connectivity index (χ3n) is 12.7. The van der Waals surface area contributed by atoms with E-state index >= 15 is 0 Å². The molecule has 244 valence electrons. The Kier molecular flexibility index (Phi) is 6.35. The van der Waals surface area contributed by atoms with Crippen LogP contribution < -0.4 is 5.32 Å². The Morgan fingerprint density at radius 1 is 0.680 bits per heavy atom. The zero-order valence-corrected chi connectivity index (χ0v) is 29.5. The van der Waals surface area contributed by atoms with Gasteiger partial charge in [0.1, 0.15) is 0 Å². The lowest BCUT2D eigenvalue weighted by molar-refractivity contribution is 0.501. The highest BCUT2D eigenvalue weighted by molar-refractivity contribution is 6.13. The predicted octanol–water partition coefficient (Wildman–Crippen LogP) is 12.9. The monoisotopic (exact) mass is 645 g/mol. The van der Waals surface area contributed by atoms with Crippen molar-refractivity contribution in [2.75, 3.05) is 5.32 Å². The number of rotatable bonds is 3. The highest BCUT2D eigenvalue weighted by Gasteiger charge is 2.55. The molecule has 5 aliphatic rings. The molecule has 0 aliphatic heterocycles. The summed E-state index contributed by atoms with van der Waals surface area (Å²) in [5.41, 5.74) is 18.4. The molecule has 0 fully saturated rings. The van der Waals surface area contributed by atoms with Crippen molar-refractivity contribution in [3.63, 3.8) is 0 Å².